The number of rotatable bonds is 5. The fraction of sp³-hybridized carbons (Fsp3) is 0.167. The summed E-state index contributed by atoms with van der Waals surface area (Å²) in [4.78, 5) is 12.3. The van der Waals surface area contributed by atoms with Crippen molar-refractivity contribution in [2.45, 2.75) is 17.4 Å². The van der Waals surface area contributed by atoms with Gasteiger partial charge in [-0.15, -0.1) is 10.2 Å². The van der Waals surface area contributed by atoms with E-state index in [1.54, 1.807) is 43.3 Å². The topological polar surface area (TPSA) is 86.5 Å². The van der Waals surface area contributed by atoms with Gasteiger partial charge < -0.3 is 19.2 Å². The Bertz CT molecular complexity index is 994. The molecule has 1 aliphatic heterocycles. The van der Waals surface area contributed by atoms with Crippen LogP contribution in [-0.4, -0.2) is 28.1 Å². The first-order valence-electron chi connectivity index (χ1n) is 8.05. The number of amides is 1. The van der Waals surface area contributed by atoms with Crippen molar-refractivity contribution in [3.8, 4) is 23.0 Å². The molecular weight excluding hydrogens is 390 g/mol. The molecule has 1 atom stereocenters. The van der Waals surface area contributed by atoms with E-state index in [2.05, 4.69) is 15.5 Å². The maximum Gasteiger partial charge on any atom is 0.277 e. The largest absolute Gasteiger partial charge is 0.454 e. The summed E-state index contributed by atoms with van der Waals surface area (Å²) in [6.45, 7) is 1.96. The van der Waals surface area contributed by atoms with Gasteiger partial charge in [0.15, 0.2) is 11.5 Å². The maximum absolute atomic E-state index is 12.3. The molecule has 0 aliphatic carbocycles. The van der Waals surface area contributed by atoms with E-state index in [1.165, 1.54) is 11.8 Å². The molecule has 1 N–H and O–H groups in total. The molecule has 0 spiro atoms. The molecule has 0 saturated heterocycles. The van der Waals surface area contributed by atoms with Gasteiger partial charge in [-0.05, 0) is 43.3 Å². The first kappa shape index (κ1) is 17.7. The third-order valence-corrected chi connectivity index (χ3v) is 4.93. The second kappa shape index (κ2) is 7.50. The van der Waals surface area contributed by atoms with Crippen LogP contribution in [0.4, 0.5) is 5.69 Å². The zero-order chi connectivity index (χ0) is 18.8. The van der Waals surface area contributed by atoms with E-state index in [0.717, 1.165) is 5.56 Å². The fourth-order valence-corrected chi connectivity index (χ4v) is 3.29. The summed E-state index contributed by atoms with van der Waals surface area (Å²) in [6, 6.07) is 12.3. The van der Waals surface area contributed by atoms with Gasteiger partial charge in [-0.2, -0.15) is 0 Å². The van der Waals surface area contributed by atoms with Crippen LogP contribution in [0.3, 0.4) is 0 Å². The summed E-state index contributed by atoms with van der Waals surface area (Å²) >= 11 is 7.10. The van der Waals surface area contributed by atoms with E-state index in [4.69, 9.17) is 25.5 Å². The smallest absolute Gasteiger partial charge is 0.277 e. The van der Waals surface area contributed by atoms with Crippen molar-refractivity contribution in [1.82, 2.24) is 10.2 Å². The van der Waals surface area contributed by atoms with E-state index in [-0.39, 0.29) is 12.7 Å². The number of thioether (sulfide) groups is 1. The molecule has 27 heavy (non-hydrogen) atoms. The number of fused-ring (bicyclic) bond motifs is 1. The molecule has 4 rings (SSSR count). The minimum atomic E-state index is -0.436. The lowest BCUT2D eigenvalue weighted by Gasteiger charge is -2.09. The van der Waals surface area contributed by atoms with Crippen LogP contribution in [0.2, 0.25) is 5.02 Å². The third-order valence-electron chi connectivity index (χ3n) is 3.76. The quantitative estimate of drug-likeness (QED) is 0.637. The van der Waals surface area contributed by atoms with E-state index >= 15 is 0 Å². The monoisotopic (exact) mass is 403 g/mol. The normalized spacial score (nSPS) is 13.4. The van der Waals surface area contributed by atoms with Gasteiger partial charge in [-0.3, -0.25) is 4.79 Å². The van der Waals surface area contributed by atoms with Crippen LogP contribution in [0.25, 0.3) is 11.5 Å². The summed E-state index contributed by atoms with van der Waals surface area (Å²) in [5.74, 6) is 1.47. The Hall–Kier alpha value is -2.71. The molecular formula is C18H14ClN3O4S. The molecule has 7 nitrogen and oxygen atoms in total. The highest BCUT2D eigenvalue weighted by molar-refractivity contribution is 8.00. The zero-order valence-corrected chi connectivity index (χ0v) is 15.7. The van der Waals surface area contributed by atoms with Crippen LogP contribution >= 0.6 is 23.4 Å². The van der Waals surface area contributed by atoms with E-state index in [9.17, 15) is 4.79 Å². The van der Waals surface area contributed by atoms with Crippen LogP contribution in [0.15, 0.2) is 52.1 Å². The molecule has 1 aliphatic rings. The fourth-order valence-electron chi connectivity index (χ4n) is 2.42. The van der Waals surface area contributed by atoms with Crippen molar-refractivity contribution >= 4 is 35.0 Å². The number of aromatic nitrogens is 2. The highest BCUT2D eigenvalue weighted by Gasteiger charge is 2.20. The summed E-state index contributed by atoms with van der Waals surface area (Å²) in [7, 11) is 0. The Labute approximate surface area is 164 Å². The Morgan fingerprint density at radius 2 is 2.04 bits per heavy atom. The average Bonchev–Trinajstić information content (AvgIpc) is 3.30. The van der Waals surface area contributed by atoms with Crippen LogP contribution in [0.1, 0.15) is 6.92 Å². The van der Waals surface area contributed by atoms with Crippen molar-refractivity contribution in [1.29, 1.82) is 0 Å². The van der Waals surface area contributed by atoms with Crippen LogP contribution in [0, 0.1) is 0 Å². The molecule has 2 heterocycles. The number of carbonyl (C=O) groups is 1. The minimum Gasteiger partial charge on any atom is -0.454 e. The molecule has 1 aromatic heterocycles. The lowest BCUT2D eigenvalue weighted by atomic mass is 10.2. The summed E-state index contributed by atoms with van der Waals surface area (Å²) < 4.78 is 16.3. The SMILES string of the molecule is C[C@@H](Sc1nnc(-c2ccc3c(c2)OCO3)o1)C(=O)Nc1cccc(Cl)c1. The maximum atomic E-state index is 12.3. The van der Waals surface area contributed by atoms with Crippen LogP contribution in [-0.2, 0) is 4.79 Å². The van der Waals surface area contributed by atoms with Crippen molar-refractivity contribution < 1.29 is 18.7 Å². The van der Waals surface area contributed by atoms with E-state index < -0.39 is 5.25 Å². The van der Waals surface area contributed by atoms with Gasteiger partial charge in [0, 0.05) is 16.3 Å². The standard InChI is InChI=1S/C18H14ClN3O4S/c1-10(16(23)20-13-4-2-3-12(19)8-13)27-18-22-21-17(26-18)11-5-6-14-15(7-11)25-9-24-14/h2-8,10H,9H2,1H3,(H,20,23)/t10-/m1/s1. The first-order valence-corrected chi connectivity index (χ1v) is 9.31. The van der Waals surface area contributed by atoms with Crippen LogP contribution in [0.5, 0.6) is 11.5 Å². The Morgan fingerprint density at radius 3 is 2.89 bits per heavy atom. The van der Waals surface area contributed by atoms with Gasteiger partial charge in [-0.25, -0.2) is 0 Å². The van der Waals surface area contributed by atoms with E-state index in [1.807, 2.05) is 6.07 Å². The molecule has 0 radical (unpaired) electrons. The Kier molecular flexibility index (Phi) is 4.91. The average molecular weight is 404 g/mol. The van der Waals surface area contributed by atoms with Gasteiger partial charge in [0.1, 0.15) is 0 Å². The second-order valence-corrected chi connectivity index (χ2v) is 7.43. The number of ether oxygens (including phenoxy) is 2. The summed E-state index contributed by atoms with van der Waals surface area (Å²) in [5, 5.41) is 11.3. The number of hydrogen-bond donors (Lipinski definition) is 1. The molecule has 1 amide bonds. The van der Waals surface area contributed by atoms with Gasteiger partial charge in [0.2, 0.25) is 18.6 Å². The third kappa shape index (κ3) is 4.01. The lowest BCUT2D eigenvalue weighted by Crippen LogP contribution is -2.22. The van der Waals surface area contributed by atoms with Crippen molar-refractivity contribution in [3.05, 3.63) is 47.5 Å². The van der Waals surface area contributed by atoms with E-state index in [0.29, 0.717) is 33.3 Å². The minimum absolute atomic E-state index is 0.190. The second-order valence-electron chi connectivity index (χ2n) is 5.70. The van der Waals surface area contributed by atoms with Crippen molar-refractivity contribution in [3.63, 3.8) is 0 Å². The highest BCUT2D eigenvalue weighted by atomic mass is 35.5. The number of halogens is 1. The molecule has 2 aromatic carbocycles. The number of benzene rings is 2. The molecule has 0 unspecified atom stereocenters. The predicted molar refractivity (Wildman–Crippen MR) is 101 cm³/mol. The number of carbonyl (C=O) groups excluding carboxylic acids is 1. The molecule has 0 bridgehead atoms. The Balaban J connectivity index is 1.42. The van der Waals surface area contributed by atoms with Crippen LogP contribution < -0.4 is 14.8 Å². The molecule has 3 aromatic rings. The van der Waals surface area contributed by atoms with Crippen molar-refractivity contribution in [2.75, 3.05) is 12.1 Å². The number of anilines is 1. The van der Waals surface area contributed by atoms with Gasteiger partial charge in [0.25, 0.3) is 5.22 Å². The Morgan fingerprint density at radius 1 is 1.19 bits per heavy atom. The first-order chi connectivity index (χ1) is 13.1. The zero-order valence-electron chi connectivity index (χ0n) is 14.1. The van der Waals surface area contributed by atoms with Gasteiger partial charge >= 0.3 is 0 Å². The summed E-state index contributed by atoms with van der Waals surface area (Å²) in [6.07, 6.45) is 0. The van der Waals surface area contributed by atoms with Gasteiger partial charge in [-0.1, -0.05) is 29.4 Å². The molecule has 0 fully saturated rings. The molecule has 0 saturated carbocycles. The van der Waals surface area contributed by atoms with Gasteiger partial charge in [0.05, 0.1) is 5.25 Å². The summed E-state index contributed by atoms with van der Waals surface area (Å²) in [5.41, 5.74) is 1.35. The highest BCUT2D eigenvalue weighted by Crippen LogP contribution is 2.36. The lowest BCUT2D eigenvalue weighted by molar-refractivity contribution is -0.115. The van der Waals surface area contributed by atoms with Crippen molar-refractivity contribution in [2.24, 2.45) is 0 Å². The number of nitrogens with zero attached hydrogens (tertiary/aromatic N) is 2. The molecule has 138 valence electrons. The number of nitrogens with one attached hydrogen (secondary N) is 1. The predicted octanol–water partition coefficient (Wildman–Crippen LogP) is 4.24. The number of hydrogen-bond acceptors (Lipinski definition) is 7. The molecule has 9 heteroatoms.